The summed E-state index contributed by atoms with van der Waals surface area (Å²) in [5.41, 5.74) is 1.15. The summed E-state index contributed by atoms with van der Waals surface area (Å²) in [5, 5.41) is 3.01. The number of hydrogen-bond acceptors (Lipinski definition) is 6. The Balaban J connectivity index is 2.20. The third-order valence-corrected chi connectivity index (χ3v) is 4.29. The molecular formula is C20H20ClNO6. The zero-order valence-corrected chi connectivity index (χ0v) is 16.4. The van der Waals surface area contributed by atoms with E-state index in [0.717, 1.165) is 0 Å². The van der Waals surface area contributed by atoms with Gasteiger partial charge >= 0.3 is 11.9 Å². The van der Waals surface area contributed by atoms with E-state index >= 15 is 0 Å². The molecule has 0 saturated carbocycles. The minimum atomic E-state index is -0.941. The quantitative estimate of drug-likeness (QED) is 0.712. The van der Waals surface area contributed by atoms with E-state index in [2.05, 4.69) is 10.1 Å². The molecule has 0 saturated heterocycles. The van der Waals surface area contributed by atoms with Crippen molar-refractivity contribution < 1.29 is 28.6 Å². The van der Waals surface area contributed by atoms with Crippen LogP contribution in [0.15, 0.2) is 42.5 Å². The van der Waals surface area contributed by atoms with E-state index in [1.54, 1.807) is 24.3 Å². The number of hydrogen-bond donors (Lipinski definition) is 1. The molecule has 7 nitrogen and oxygen atoms in total. The summed E-state index contributed by atoms with van der Waals surface area (Å²) in [4.78, 5) is 36.4. The van der Waals surface area contributed by atoms with Gasteiger partial charge in [-0.1, -0.05) is 23.7 Å². The predicted octanol–water partition coefficient (Wildman–Crippen LogP) is 2.65. The van der Waals surface area contributed by atoms with Gasteiger partial charge in [-0.25, -0.2) is 9.59 Å². The Morgan fingerprint density at radius 1 is 1.00 bits per heavy atom. The highest BCUT2D eigenvalue weighted by Gasteiger charge is 2.23. The molecular weight excluding hydrogens is 386 g/mol. The Bertz CT molecular complexity index is 883. The first-order chi connectivity index (χ1) is 13.4. The van der Waals surface area contributed by atoms with Crippen molar-refractivity contribution in [2.45, 2.75) is 12.5 Å². The smallest absolute Gasteiger partial charge is 0.337 e. The minimum absolute atomic E-state index is 0.165. The molecule has 0 aliphatic heterocycles. The average molecular weight is 406 g/mol. The number of halogens is 1. The van der Waals surface area contributed by atoms with Crippen LogP contribution >= 0.6 is 11.6 Å². The molecule has 0 aliphatic carbocycles. The highest BCUT2D eigenvalue weighted by molar-refractivity contribution is 6.32. The molecule has 1 N–H and O–H groups in total. The van der Waals surface area contributed by atoms with E-state index in [1.165, 1.54) is 39.5 Å². The van der Waals surface area contributed by atoms with E-state index in [1.807, 2.05) is 0 Å². The molecule has 0 radical (unpaired) electrons. The van der Waals surface area contributed by atoms with E-state index in [-0.39, 0.29) is 17.5 Å². The first kappa shape index (κ1) is 21.2. The van der Waals surface area contributed by atoms with Gasteiger partial charge in [-0.3, -0.25) is 4.79 Å². The minimum Gasteiger partial charge on any atom is -0.495 e. The van der Waals surface area contributed by atoms with Crippen LogP contribution in [0.25, 0.3) is 0 Å². The highest BCUT2D eigenvalue weighted by Crippen LogP contribution is 2.25. The summed E-state index contributed by atoms with van der Waals surface area (Å²) in [6.45, 7) is 0. The third kappa shape index (κ3) is 5.23. The normalized spacial score (nSPS) is 11.3. The maximum atomic E-state index is 12.6. The van der Waals surface area contributed by atoms with Crippen LogP contribution < -0.4 is 10.1 Å². The Morgan fingerprint density at radius 3 is 2.32 bits per heavy atom. The highest BCUT2D eigenvalue weighted by atomic mass is 35.5. The second-order valence-electron chi connectivity index (χ2n) is 5.79. The maximum Gasteiger partial charge on any atom is 0.337 e. The van der Waals surface area contributed by atoms with Crippen molar-refractivity contribution in [3.05, 3.63) is 64.2 Å². The number of nitrogens with one attached hydrogen (secondary N) is 1. The topological polar surface area (TPSA) is 90.9 Å². The van der Waals surface area contributed by atoms with Gasteiger partial charge in [0.2, 0.25) is 0 Å². The van der Waals surface area contributed by atoms with Crippen molar-refractivity contribution in [1.82, 2.24) is 5.32 Å². The molecule has 0 bridgehead atoms. The molecule has 148 valence electrons. The second kappa shape index (κ2) is 9.75. The number of carbonyl (C=O) groups is 3. The molecule has 0 aromatic heterocycles. The molecule has 1 amide bonds. The van der Waals surface area contributed by atoms with Crippen molar-refractivity contribution in [2.24, 2.45) is 0 Å². The van der Waals surface area contributed by atoms with Crippen LogP contribution in [0, 0.1) is 0 Å². The van der Waals surface area contributed by atoms with Crippen LogP contribution in [0.2, 0.25) is 5.02 Å². The molecule has 8 heteroatoms. The lowest BCUT2D eigenvalue weighted by atomic mass is 10.0. The van der Waals surface area contributed by atoms with Crippen LogP contribution in [-0.2, 0) is 20.7 Å². The fourth-order valence-corrected chi connectivity index (χ4v) is 2.84. The number of amides is 1. The second-order valence-corrected chi connectivity index (χ2v) is 6.20. The third-order valence-electron chi connectivity index (χ3n) is 3.99. The molecule has 2 aromatic carbocycles. The predicted molar refractivity (Wildman–Crippen MR) is 103 cm³/mol. The van der Waals surface area contributed by atoms with Gasteiger partial charge in [0.05, 0.1) is 31.9 Å². The Labute approximate surface area is 167 Å². The number of carbonyl (C=O) groups excluding carboxylic acids is 3. The molecule has 2 aromatic rings. The zero-order valence-electron chi connectivity index (χ0n) is 15.7. The Kier molecular flexibility index (Phi) is 7.40. The molecule has 28 heavy (non-hydrogen) atoms. The van der Waals surface area contributed by atoms with Crippen molar-refractivity contribution in [1.29, 1.82) is 0 Å². The van der Waals surface area contributed by atoms with Crippen LogP contribution in [-0.4, -0.2) is 45.2 Å². The van der Waals surface area contributed by atoms with Gasteiger partial charge in [0.1, 0.15) is 11.8 Å². The summed E-state index contributed by atoms with van der Waals surface area (Å²) in [6.07, 6.45) is 0.165. The molecule has 1 atom stereocenters. The SMILES string of the molecule is COC(=O)c1cccc(C(=O)N[C@H](Cc2ccc(OC)c(Cl)c2)C(=O)OC)c1. The van der Waals surface area contributed by atoms with E-state index in [9.17, 15) is 14.4 Å². The Hall–Kier alpha value is -3.06. The summed E-state index contributed by atoms with van der Waals surface area (Å²) in [5.74, 6) is -1.19. The van der Waals surface area contributed by atoms with Crippen LogP contribution in [0.3, 0.4) is 0 Å². The van der Waals surface area contributed by atoms with Crippen molar-refractivity contribution >= 4 is 29.4 Å². The van der Waals surface area contributed by atoms with Gasteiger partial charge in [0.15, 0.2) is 0 Å². The number of esters is 2. The molecule has 0 fully saturated rings. The number of ether oxygens (including phenoxy) is 3. The first-order valence-electron chi connectivity index (χ1n) is 8.29. The van der Waals surface area contributed by atoms with Crippen LogP contribution in [0.4, 0.5) is 0 Å². The van der Waals surface area contributed by atoms with E-state index in [4.69, 9.17) is 21.1 Å². The monoisotopic (exact) mass is 405 g/mol. The lowest BCUT2D eigenvalue weighted by Crippen LogP contribution is -2.43. The summed E-state index contributed by atoms with van der Waals surface area (Å²) < 4.78 is 14.5. The summed E-state index contributed by atoms with van der Waals surface area (Å²) >= 11 is 6.12. The van der Waals surface area contributed by atoms with Crippen LogP contribution in [0.1, 0.15) is 26.3 Å². The van der Waals surface area contributed by atoms with Gasteiger partial charge in [0, 0.05) is 12.0 Å². The molecule has 0 unspecified atom stereocenters. The molecule has 0 spiro atoms. The summed E-state index contributed by atoms with van der Waals surface area (Å²) in [6, 6.07) is 10.1. The van der Waals surface area contributed by atoms with E-state index in [0.29, 0.717) is 16.3 Å². The number of methoxy groups -OCH3 is 3. The summed E-state index contributed by atoms with van der Waals surface area (Å²) in [7, 11) is 3.99. The van der Waals surface area contributed by atoms with Crippen molar-refractivity contribution in [3.8, 4) is 5.75 Å². The largest absolute Gasteiger partial charge is 0.495 e. The molecule has 0 aliphatic rings. The van der Waals surface area contributed by atoms with Gasteiger partial charge in [-0.2, -0.15) is 0 Å². The number of rotatable bonds is 7. The lowest BCUT2D eigenvalue weighted by molar-refractivity contribution is -0.142. The van der Waals surface area contributed by atoms with Gasteiger partial charge < -0.3 is 19.5 Å². The average Bonchev–Trinajstić information content (AvgIpc) is 2.72. The molecule has 2 rings (SSSR count). The Morgan fingerprint density at radius 2 is 1.71 bits per heavy atom. The molecule has 0 heterocycles. The standard InChI is InChI=1S/C20H20ClNO6/c1-26-17-8-7-12(9-15(17)21)10-16(20(25)28-3)22-18(23)13-5-4-6-14(11-13)19(24)27-2/h4-9,11,16H,10H2,1-3H3,(H,22,23)/t16-/m1/s1. The van der Waals surface area contributed by atoms with Crippen molar-refractivity contribution in [3.63, 3.8) is 0 Å². The van der Waals surface area contributed by atoms with Gasteiger partial charge in [-0.15, -0.1) is 0 Å². The fraction of sp³-hybridized carbons (Fsp3) is 0.250. The van der Waals surface area contributed by atoms with E-state index < -0.39 is 23.9 Å². The van der Waals surface area contributed by atoms with Gasteiger partial charge in [0.25, 0.3) is 5.91 Å². The fourth-order valence-electron chi connectivity index (χ4n) is 2.55. The van der Waals surface area contributed by atoms with Gasteiger partial charge in [-0.05, 0) is 35.9 Å². The zero-order chi connectivity index (χ0) is 20.7. The first-order valence-corrected chi connectivity index (χ1v) is 8.66. The number of benzene rings is 2. The van der Waals surface area contributed by atoms with Crippen LogP contribution in [0.5, 0.6) is 5.75 Å². The van der Waals surface area contributed by atoms with Crippen molar-refractivity contribution in [2.75, 3.05) is 21.3 Å². The lowest BCUT2D eigenvalue weighted by Gasteiger charge is -2.17. The maximum absolute atomic E-state index is 12.6.